The third-order valence-corrected chi connectivity index (χ3v) is 5.70. The molecule has 152 valence electrons. The highest BCUT2D eigenvalue weighted by atomic mass is 19.4. The van der Waals surface area contributed by atoms with Crippen LogP contribution in [0.3, 0.4) is 0 Å². The van der Waals surface area contributed by atoms with Gasteiger partial charge in [-0.05, 0) is 57.7 Å². The van der Waals surface area contributed by atoms with Crippen LogP contribution in [-0.2, 0) is 10.9 Å². The molecule has 4 atom stereocenters. The summed E-state index contributed by atoms with van der Waals surface area (Å²) in [5.74, 6) is -0.507. The van der Waals surface area contributed by atoms with Gasteiger partial charge in [-0.2, -0.15) is 13.2 Å². The van der Waals surface area contributed by atoms with Crippen molar-refractivity contribution in [3.05, 3.63) is 28.8 Å². The van der Waals surface area contributed by atoms with Crippen molar-refractivity contribution in [3.8, 4) is 0 Å². The third kappa shape index (κ3) is 4.39. The summed E-state index contributed by atoms with van der Waals surface area (Å²) in [7, 11) is 1.18. The lowest BCUT2D eigenvalue weighted by Gasteiger charge is -2.46. The van der Waals surface area contributed by atoms with E-state index in [2.05, 4.69) is 26.1 Å². The van der Waals surface area contributed by atoms with Crippen LogP contribution < -0.4 is 10.2 Å². The maximum absolute atomic E-state index is 13.5. The van der Waals surface area contributed by atoms with Gasteiger partial charge in [0, 0.05) is 30.4 Å². The van der Waals surface area contributed by atoms with Crippen LogP contribution >= 0.6 is 0 Å². The highest BCUT2D eigenvalue weighted by molar-refractivity contribution is 5.93. The van der Waals surface area contributed by atoms with Gasteiger partial charge in [-0.15, -0.1) is 0 Å². The molecule has 27 heavy (non-hydrogen) atoms. The molecule has 1 aliphatic rings. The number of methoxy groups -OCH3 is 1. The summed E-state index contributed by atoms with van der Waals surface area (Å²) < 4.78 is 45.1. The van der Waals surface area contributed by atoms with Gasteiger partial charge in [-0.1, -0.05) is 6.92 Å². The summed E-state index contributed by atoms with van der Waals surface area (Å²) in [6, 6.07) is 2.64. The number of benzene rings is 1. The molecule has 0 saturated carbocycles. The van der Waals surface area contributed by atoms with Gasteiger partial charge in [0.25, 0.3) is 0 Å². The number of rotatable bonds is 4. The molecule has 1 aliphatic heterocycles. The number of halogens is 3. The molecule has 1 aromatic carbocycles. The minimum absolute atomic E-state index is 0.0385. The highest BCUT2D eigenvalue weighted by Crippen LogP contribution is 2.38. The van der Waals surface area contributed by atoms with E-state index in [-0.39, 0.29) is 29.6 Å². The Hall–Kier alpha value is -1.76. The van der Waals surface area contributed by atoms with E-state index >= 15 is 0 Å². The molecule has 4 unspecified atom stereocenters. The van der Waals surface area contributed by atoms with Crippen LogP contribution in [0, 0.1) is 12.8 Å². The predicted octanol–water partition coefficient (Wildman–Crippen LogP) is 4.40. The summed E-state index contributed by atoms with van der Waals surface area (Å²) in [4.78, 5) is 14.1. The number of carbonyl (C=O) groups is 1. The largest absolute Gasteiger partial charge is 0.465 e. The number of hydrogen-bond acceptors (Lipinski definition) is 4. The van der Waals surface area contributed by atoms with Gasteiger partial charge in [0.1, 0.15) is 0 Å². The van der Waals surface area contributed by atoms with E-state index in [4.69, 9.17) is 4.74 Å². The van der Waals surface area contributed by atoms with Crippen molar-refractivity contribution >= 4 is 11.7 Å². The first kappa shape index (κ1) is 21.5. The minimum Gasteiger partial charge on any atom is -0.465 e. The quantitative estimate of drug-likeness (QED) is 0.779. The highest BCUT2D eigenvalue weighted by Gasteiger charge is 2.37. The Balaban J connectivity index is 2.61. The Kier molecular flexibility index (Phi) is 6.45. The molecule has 0 spiro atoms. The van der Waals surface area contributed by atoms with E-state index in [1.807, 2.05) is 11.8 Å². The molecule has 4 nitrogen and oxygen atoms in total. The summed E-state index contributed by atoms with van der Waals surface area (Å²) in [5, 5.41) is 3.50. The first-order chi connectivity index (χ1) is 12.5. The number of piperidine rings is 1. The van der Waals surface area contributed by atoms with Gasteiger partial charge in [0.05, 0.1) is 18.2 Å². The van der Waals surface area contributed by atoms with E-state index in [0.717, 1.165) is 18.6 Å². The van der Waals surface area contributed by atoms with Crippen LogP contribution in [0.2, 0.25) is 0 Å². The zero-order valence-corrected chi connectivity index (χ0v) is 16.8. The van der Waals surface area contributed by atoms with Crippen LogP contribution in [0.15, 0.2) is 12.1 Å². The Morgan fingerprint density at radius 1 is 1.30 bits per heavy atom. The number of nitrogens with one attached hydrogen (secondary N) is 1. The fourth-order valence-corrected chi connectivity index (χ4v) is 4.06. The van der Waals surface area contributed by atoms with Crippen LogP contribution in [0.5, 0.6) is 0 Å². The molecule has 1 aromatic rings. The maximum Gasteiger partial charge on any atom is 0.416 e. The lowest BCUT2D eigenvalue weighted by Crippen LogP contribution is -2.56. The van der Waals surface area contributed by atoms with Crippen LogP contribution in [0.1, 0.15) is 55.6 Å². The van der Waals surface area contributed by atoms with Gasteiger partial charge in [-0.25, -0.2) is 4.79 Å². The minimum atomic E-state index is -4.54. The van der Waals surface area contributed by atoms with Crippen LogP contribution in [0.25, 0.3) is 0 Å². The molecule has 0 radical (unpaired) electrons. The number of anilines is 1. The van der Waals surface area contributed by atoms with Gasteiger partial charge < -0.3 is 15.0 Å². The maximum atomic E-state index is 13.5. The van der Waals surface area contributed by atoms with E-state index in [0.29, 0.717) is 17.8 Å². The summed E-state index contributed by atoms with van der Waals surface area (Å²) >= 11 is 0. The number of hydrogen-bond donors (Lipinski definition) is 1. The van der Waals surface area contributed by atoms with Crippen molar-refractivity contribution < 1.29 is 22.7 Å². The van der Waals surface area contributed by atoms with Crippen molar-refractivity contribution in [3.63, 3.8) is 0 Å². The Bertz CT molecular complexity index is 691. The smallest absolute Gasteiger partial charge is 0.416 e. The average molecular weight is 386 g/mol. The fraction of sp³-hybridized carbons (Fsp3) is 0.650. The normalized spacial score (nSPS) is 26.0. The molecular formula is C20H29F3N2O2. The number of alkyl halides is 3. The molecule has 7 heteroatoms. The van der Waals surface area contributed by atoms with Crippen molar-refractivity contribution in [2.75, 3.05) is 18.6 Å². The van der Waals surface area contributed by atoms with Crippen LogP contribution in [-0.4, -0.2) is 37.7 Å². The van der Waals surface area contributed by atoms with E-state index in [1.165, 1.54) is 7.11 Å². The predicted molar refractivity (Wildman–Crippen MR) is 100 cm³/mol. The summed E-state index contributed by atoms with van der Waals surface area (Å²) in [6.07, 6.45) is -3.71. The van der Waals surface area contributed by atoms with E-state index in [9.17, 15) is 18.0 Å². The molecule has 1 saturated heterocycles. The molecule has 1 fully saturated rings. The Labute approximate surface area is 159 Å². The molecule has 0 aliphatic carbocycles. The topological polar surface area (TPSA) is 41.6 Å². The first-order valence-corrected chi connectivity index (χ1v) is 9.34. The molecule has 0 bridgehead atoms. The molecule has 1 N–H and O–H groups in total. The fourth-order valence-electron chi connectivity index (χ4n) is 4.06. The van der Waals surface area contributed by atoms with Crippen molar-refractivity contribution in [1.29, 1.82) is 0 Å². The van der Waals surface area contributed by atoms with Crippen molar-refractivity contribution in [2.24, 2.45) is 5.92 Å². The van der Waals surface area contributed by atoms with Gasteiger partial charge in [0.15, 0.2) is 0 Å². The lowest BCUT2D eigenvalue weighted by molar-refractivity contribution is -0.137. The third-order valence-electron chi connectivity index (χ3n) is 5.70. The molecule has 1 heterocycles. The number of ether oxygens (including phenoxy) is 1. The second kappa shape index (κ2) is 8.09. The zero-order valence-electron chi connectivity index (χ0n) is 16.8. The summed E-state index contributed by atoms with van der Waals surface area (Å²) in [5.41, 5.74) is 0.0988. The first-order valence-electron chi connectivity index (χ1n) is 9.34. The van der Waals surface area contributed by atoms with Gasteiger partial charge >= 0.3 is 12.1 Å². The second-order valence-corrected chi connectivity index (χ2v) is 7.46. The summed E-state index contributed by atoms with van der Waals surface area (Å²) in [6.45, 7) is 10.5. The van der Waals surface area contributed by atoms with E-state index in [1.54, 1.807) is 6.92 Å². The second-order valence-electron chi connectivity index (χ2n) is 7.46. The monoisotopic (exact) mass is 386 g/mol. The van der Waals surface area contributed by atoms with Crippen molar-refractivity contribution in [1.82, 2.24) is 5.32 Å². The number of carbonyl (C=O) groups excluding carboxylic acids is 1. The Morgan fingerprint density at radius 2 is 1.93 bits per heavy atom. The molecule has 0 aromatic heterocycles. The number of esters is 1. The SMILES string of the molecule is CCN(c1cc(C(F)(F)F)cc(C(=O)OC)c1C)C1CC(C)NC(C)C1C. The molecule has 0 amide bonds. The Morgan fingerprint density at radius 3 is 2.44 bits per heavy atom. The van der Waals surface area contributed by atoms with Crippen LogP contribution in [0.4, 0.5) is 18.9 Å². The lowest BCUT2D eigenvalue weighted by atomic mass is 9.83. The van der Waals surface area contributed by atoms with Gasteiger partial charge in [-0.3, -0.25) is 0 Å². The van der Waals surface area contributed by atoms with Gasteiger partial charge in [0.2, 0.25) is 0 Å². The van der Waals surface area contributed by atoms with Crippen molar-refractivity contribution in [2.45, 2.75) is 65.3 Å². The number of nitrogens with zero attached hydrogens (tertiary/aromatic N) is 1. The standard InChI is InChI=1S/C20H29F3N2O2/c1-7-25(17-8-11(2)24-14(5)12(17)3)18-10-15(20(21,22)23)9-16(13(18)4)19(26)27-6/h9-12,14,17,24H,7-8H2,1-6H3. The zero-order chi connectivity index (χ0) is 20.5. The molecule has 2 rings (SSSR count). The average Bonchev–Trinajstić information content (AvgIpc) is 2.59. The van der Waals surface area contributed by atoms with E-state index < -0.39 is 17.7 Å². The molecular weight excluding hydrogens is 357 g/mol.